The Morgan fingerprint density at radius 2 is 1.65 bits per heavy atom. The third-order valence-corrected chi connectivity index (χ3v) is 18.7. The number of fused-ring (bicyclic) bond motifs is 4. The van der Waals surface area contributed by atoms with Gasteiger partial charge in [0, 0.05) is 78.5 Å². The first-order chi connectivity index (χ1) is 41.5. The van der Waals surface area contributed by atoms with Crippen molar-refractivity contribution in [1.82, 2.24) is 24.8 Å². The van der Waals surface area contributed by atoms with Crippen molar-refractivity contribution >= 4 is 93.0 Å². The molecule has 11 N–H and O–H groups in total. The summed E-state index contributed by atoms with van der Waals surface area (Å²) in [7, 11) is -19.4. The number of ether oxygens (including phenoxy) is 2. The average Bonchev–Trinajstić information content (AvgIpc) is 1.80. The quantitative estimate of drug-likeness (QED) is 0.00901. The van der Waals surface area contributed by atoms with E-state index >= 15 is 0 Å². The number of amides is 1. The van der Waals surface area contributed by atoms with E-state index in [9.17, 15) is 64.5 Å². The lowest BCUT2D eigenvalue weighted by atomic mass is 9.75. The van der Waals surface area contributed by atoms with Crippen molar-refractivity contribution in [3.63, 3.8) is 0 Å². The van der Waals surface area contributed by atoms with Crippen molar-refractivity contribution in [2.24, 2.45) is 5.41 Å². The molecule has 1 amide bonds. The van der Waals surface area contributed by atoms with E-state index in [1.807, 2.05) is 41.9 Å². The van der Waals surface area contributed by atoms with Crippen molar-refractivity contribution in [3.8, 4) is 5.75 Å². The molecule has 4 aromatic rings. The number of allylic oxidation sites excluding steroid dienone is 9. The molecule has 0 aliphatic carbocycles. The molecule has 0 saturated carbocycles. The van der Waals surface area contributed by atoms with Gasteiger partial charge in [-0.25, -0.2) is 24.1 Å². The number of likely N-dealkylation sites (N-methyl/N-ethyl adjacent to an activating group) is 1. The van der Waals surface area contributed by atoms with E-state index in [0.29, 0.717) is 68.6 Å². The number of benzene rings is 2. The van der Waals surface area contributed by atoms with Crippen LogP contribution in [0.2, 0.25) is 0 Å². The molecule has 1 fully saturated rings. The highest BCUT2D eigenvalue weighted by Crippen LogP contribution is 2.50. The molecule has 5 atom stereocenters. The second-order valence-electron chi connectivity index (χ2n) is 24.2. The fourth-order valence-corrected chi connectivity index (χ4v) is 13.8. The lowest BCUT2D eigenvalue weighted by molar-refractivity contribution is -0.437. The highest BCUT2D eigenvalue weighted by molar-refractivity contribution is 7.86. The highest BCUT2D eigenvalue weighted by Gasteiger charge is 2.51. The number of phosphoric acid groups is 2. The Bertz CT molecular complexity index is 3880. The van der Waals surface area contributed by atoms with E-state index in [1.54, 1.807) is 6.07 Å². The van der Waals surface area contributed by atoms with Gasteiger partial charge in [-0.15, -0.1) is 0 Å². The van der Waals surface area contributed by atoms with Gasteiger partial charge in [-0.1, -0.05) is 64.0 Å². The summed E-state index contributed by atoms with van der Waals surface area (Å²) in [6, 6.07) is 8.55. The van der Waals surface area contributed by atoms with Crippen LogP contribution in [0.3, 0.4) is 0 Å². The third-order valence-electron chi connectivity index (χ3n) is 16.0. The number of hydrogen-bond donors (Lipinski definition) is 10. The van der Waals surface area contributed by atoms with Crippen molar-refractivity contribution in [2.75, 3.05) is 54.5 Å². The number of nitrogens with zero attached hydrogens (tertiary/aromatic N) is 6. The number of anilines is 3. The van der Waals surface area contributed by atoms with Gasteiger partial charge in [0.2, 0.25) is 17.5 Å². The Morgan fingerprint density at radius 1 is 0.933 bits per heavy atom. The second kappa shape index (κ2) is 27.1. The summed E-state index contributed by atoms with van der Waals surface area (Å²) in [4.78, 5) is 65.8. The summed E-state index contributed by atoms with van der Waals surface area (Å²) in [5.74, 6) is 0.813. The minimum atomic E-state index is -5.28. The van der Waals surface area contributed by atoms with Gasteiger partial charge in [-0.3, -0.25) is 27.5 Å². The molecular formula is C58H80N9O18P2S2+. The number of nitrogens with two attached hydrogens (primary N) is 1. The van der Waals surface area contributed by atoms with Crippen LogP contribution < -0.4 is 26.0 Å². The summed E-state index contributed by atoms with van der Waals surface area (Å²) in [5.41, 5.74) is 11.8. The summed E-state index contributed by atoms with van der Waals surface area (Å²) in [5, 5.41) is 17.4. The van der Waals surface area contributed by atoms with Gasteiger partial charge in [-0.05, 0) is 95.7 Å². The van der Waals surface area contributed by atoms with E-state index < -0.39 is 78.2 Å². The summed E-state index contributed by atoms with van der Waals surface area (Å²) in [6.45, 7) is 17.5. The number of imidazole rings is 1. The van der Waals surface area contributed by atoms with Crippen LogP contribution >= 0.6 is 15.6 Å². The van der Waals surface area contributed by atoms with Gasteiger partial charge >= 0.3 is 15.6 Å². The molecule has 0 spiro atoms. The minimum Gasteiger partial charge on any atom is -0.460 e. The zero-order valence-electron chi connectivity index (χ0n) is 50.8. The minimum absolute atomic E-state index is 0.0177. The molecule has 6 heterocycles. The van der Waals surface area contributed by atoms with E-state index in [4.69, 9.17) is 19.7 Å². The molecule has 27 nitrogen and oxygen atoms in total. The van der Waals surface area contributed by atoms with Crippen LogP contribution in [0.25, 0.3) is 22.3 Å². The Morgan fingerprint density at radius 3 is 2.31 bits per heavy atom. The maximum atomic E-state index is 13.4. The van der Waals surface area contributed by atoms with Crippen LogP contribution in [0.15, 0.2) is 89.8 Å². The molecule has 0 bridgehead atoms. The molecule has 486 valence electrons. The van der Waals surface area contributed by atoms with E-state index in [0.717, 1.165) is 46.8 Å². The molecule has 2 aromatic heterocycles. The predicted octanol–water partition coefficient (Wildman–Crippen LogP) is 7.63. The molecule has 89 heavy (non-hydrogen) atoms. The zero-order valence-corrected chi connectivity index (χ0v) is 54.2. The lowest BCUT2D eigenvalue weighted by Crippen LogP contribution is -2.45. The number of aliphatic hydroxyl groups excluding tert-OH is 1. The highest BCUT2D eigenvalue weighted by atomic mass is 32.2. The predicted molar refractivity (Wildman–Crippen MR) is 334 cm³/mol. The first-order valence-electron chi connectivity index (χ1n) is 29.1. The first-order valence-corrected chi connectivity index (χ1v) is 35.2. The van der Waals surface area contributed by atoms with Gasteiger partial charge in [0.1, 0.15) is 42.7 Å². The number of carbonyl (C=O) groups excluding carboxylic acids is 1. The normalized spacial score (nSPS) is 21.8. The van der Waals surface area contributed by atoms with Gasteiger partial charge in [0.15, 0.2) is 28.9 Å². The topological polar surface area (TPSA) is 398 Å². The molecular weight excluding hydrogens is 1240 g/mol. The maximum absolute atomic E-state index is 13.4. The average molecular weight is 1320 g/mol. The molecule has 8 rings (SSSR count). The zero-order chi connectivity index (χ0) is 65.2. The number of rotatable bonds is 27. The third kappa shape index (κ3) is 16.6. The molecule has 1 saturated heterocycles. The van der Waals surface area contributed by atoms with Crippen molar-refractivity contribution in [3.05, 3.63) is 102 Å². The number of phosphoric ester groups is 2. The number of nitrogens with one attached hydrogen (secondary N) is 2. The fraction of sp³-hybridized carbons (Fsp3) is 0.500. The van der Waals surface area contributed by atoms with Gasteiger partial charge in [0.25, 0.3) is 20.2 Å². The van der Waals surface area contributed by atoms with Crippen LogP contribution in [0.5, 0.6) is 5.75 Å². The monoisotopic (exact) mass is 1320 g/mol. The van der Waals surface area contributed by atoms with Crippen LogP contribution in [0, 0.1) is 5.41 Å². The number of unbranched alkanes of at least 4 members (excludes halogenated alkanes) is 3. The molecule has 2 aromatic carbocycles. The summed E-state index contributed by atoms with van der Waals surface area (Å²) < 4.78 is 117. The standard InChI is InChI=1S/C58H79N9O18P2S2/c1-9-66-43-32-44-40(31-39(43)36(2)33-57(66,6)7)37(29-47(83-44)56(3,4)5)19-13-12-14-20-46-58(8,41-30-38(89(79,80)81)22-23-42(41)65(46)27-18-28-88(76,77)78)24-17-21-48(68)60-25-15-10-11-16-26-61-55-64-49-52(59)62-35-63-53(49)67(55)54-50(69)51(85-87(73,74)75)45(84-54)34-82-86(70,71)72/h12-14,19-20,22-23,29-33,35,45,50-51,54,69H,9-11,15-18,21,24-28,34H2,1-8H3,(H9-,59,60,61,62,63,64,68,70,71,72,73,74,75,76,77,78,79,80,81)/p+1/t45-,50-,51-,54-,58?/m1/s1. The van der Waals surface area contributed by atoms with Crippen molar-refractivity contribution in [2.45, 2.75) is 147 Å². The molecule has 1 unspecified atom stereocenters. The van der Waals surface area contributed by atoms with Crippen LogP contribution in [-0.4, -0.2) is 149 Å². The first kappa shape index (κ1) is 68.9. The Hall–Kier alpha value is -6.01. The lowest BCUT2D eigenvalue weighted by Gasteiger charge is -2.43. The molecule has 4 aliphatic rings. The molecule has 4 aliphatic heterocycles. The number of hydrogen-bond acceptors (Lipinski definition) is 18. The summed E-state index contributed by atoms with van der Waals surface area (Å²) >= 11 is 0. The van der Waals surface area contributed by atoms with Gasteiger partial charge < -0.3 is 55.4 Å². The van der Waals surface area contributed by atoms with Crippen LogP contribution in [0.4, 0.5) is 23.1 Å². The van der Waals surface area contributed by atoms with E-state index in [1.165, 1.54) is 22.3 Å². The van der Waals surface area contributed by atoms with Gasteiger partial charge in [-0.2, -0.15) is 21.4 Å². The summed E-state index contributed by atoms with van der Waals surface area (Å²) in [6.07, 6.45) is 11.5. The number of aliphatic hydroxyl groups is 1. The SMILES string of the molecule is CCN1c2cc3c(cc2C(C)=CC1(C)C)C(=CC=CC=CC1=[N+](CCCS(=O)(=O)O)c2ccc(S(=O)(=O)O)cc2C1(C)CCCC(=O)NCCCCCCNc1nc2c(N)ncnc2n1[C@@H]1O[C@H](COP(=O)(O)O)[C@@H](OP(=O)(O)O)[C@H]1O)C=C(C(C)(C)C)O3. The van der Waals surface area contributed by atoms with Crippen LogP contribution in [0.1, 0.15) is 130 Å². The fourth-order valence-electron chi connectivity index (χ4n) is 11.9. The Kier molecular flexibility index (Phi) is 20.9. The van der Waals surface area contributed by atoms with E-state index in [-0.39, 0.29) is 64.1 Å². The number of nitrogen functional groups attached to an aromatic ring is 1. The van der Waals surface area contributed by atoms with Gasteiger partial charge in [0.05, 0.1) is 28.2 Å². The maximum Gasteiger partial charge on any atom is 0.470 e. The van der Waals surface area contributed by atoms with Crippen molar-refractivity contribution in [1.29, 1.82) is 0 Å². The second-order valence-corrected chi connectivity index (χ2v) is 29.6. The Balaban J connectivity index is 0.931. The van der Waals surface area contributed by atoms with Crippen molar-refractivity contribution < 1.29 is 87.6 Å². The largest absolute Gasteiger partial charge is 0.470 e. The smallest absolute Gasteiger partial charge is 0.460 e. The Labute approximate surface area is 517 Å². The molecule has 31 heteroatoms. The van der Waals surface area contributed by atoms with Crippen LogP contribution in [-0.2, 0) is 53.4 Å². The number of carbonyl (C=O) groups is 1. The van der Waals surface area contributed by atoms with E-state index in [2.05, 4.69) is 108 Å². The number of aromatic nitrogens is 4. The molecule has 0 radical (unpaired) electrons.